The molecule has 0 saturated heterocycles. The predicted molar refractivity (Wildman–Crippen MR) is 108 cm³/mol. The molecule has 0 bridgehead atoms. The summed E-state index contributed by atoms with van der Waals surface area (Å²) in [7, 11) is 1.32. The summed E-state index contributed by atoms with van der Waals surface area (Å²) in [5.41, 5.74) is -0.0130. The molecule has 2 aliphatic rings. The molecule has 1 fully saturated rings. The van der Waals surface area contributed by atoms with Crippen molar-refractivity contribution in [2.75, 3.05) is 20.2 Å². The van der Waals surface area contributed by atoms with Gasteiger partial charge in [-0.15, -0.1) is 0 Å². The highest BCUT2D eigenvalue weighted by molar-refractivity contribution is 6.01. The van der Waals surface area contributed by atoms with Crippen molar-refractivity contribution in [1.82, 2.24) is 0 Å². The lowest BCUT2D eigenvalue weighted by molar-refractivity contribution is -0.920. The SMILES string of the molecule is COC(=O)c1ccc([C@@H]2[C@H](C#N)C(=N)C(C#N)(C#N)C3=CC[NH+](C(C)C)C[C@H]32)cc1. The number of nitrogens with zero attached hydrogens (tertiary/aromatic N) is 3. The van der Waals surface area contributed by atoms with E-state index < -0.39 is 17.3 Å². The second-order valence-corrected chi connectivity index (χ2v) is 8.12. The maximum atomic E-state index is 11.8. The van der Waals surface area contributed by atoms with Gasteiger partial charge in [0.15, 0.2) is 0 Å². The molecule has 3 rings (SSSR count). The third-order valence-electron chi connectivity index (χ3n) is 6.41. The first-order chi connectivity index (χ1) is 14.3. The molecule has 0 radical (unpaired) electrons. The van der Waals surface area contributed by atoms with Gasteiger partial charge in [0.05, 0.1) is 61.6 Å². The standard InChI is InChI=1S/C23H23N5O2/c1-14(2)28-9-8-19-18(11-28)20(15-4-6-16(7-5-15)22(29)30-3)17(10-24)21(27)23(19,12-25)13-26/h4-8,14,17-18,20,27H,9,11H2,1-3H3/p+1/t17-,18+,20+/m0/s1. The number of methoxy groups -OCH3 is 1. The van der Waals surface area contributed by atoms with E-state index in [1.54, 1.807) is 24.3 Å². The van der Waals surface area contributed by atoms with E-state index in [1.165, 1.54) is 12.0 Å². The van der Waals surface area contributed by atoms with Gasteiger partial charge in [0.1, 0.15) is 0 Å². The number of fused-ring (bicyclic) bond motifs is 1. The maximum Gasteiger partial charge on any atom is 0.337 e. The Morgan fingerprint density at radius 2 is 1.87 bits per heavy atom. The van der Waals surface area contributed by atoms with Gasteiger partial charge in [-0.2, -0.15) is 15.8 Å². The third kappa shape index (κ3) is 3.16. The lowest BCUT2D eigenvalue weighted by atomic mass is 9.55. The van der Waals surface area contributed by atoms with Crippen molar-refractivity contribution in [3.8, 4) is 18.2 Å². The minimum Gasteiger partial charge on any atom is -0.465 e. The van der Waals surface area contributed by atoms with Gasteiger partial charge < -0.3 is 15.0 Å². The van der Waals surface area contributed by atoms with Crippen molar-refractivity contribution >= 4 is 11.7 Å². The van der Waals surface area contributed by atoms with E-state index in [1.807, 2.05) is 6.08 Å². The van der Waals surface area contributed by atoms with Crippen molar-refractivity contribution in [2.24, 2.45) is 17.3 Å². The molecule has 7 nitrogen and oxygen atoms in total. The highest BCUT2D eigenvalue weighted by Crippen LogP contribution is 2.51. The summed E-state index contributed by atoms with van der Waals surface area (Å²) in [6, 6.07) is 13.5. The summed E-state index contributed by atoms with van der Waals surface area (Å²) in [5.74, 6) is -1.94. The van der Waals surface area contributed by atoms with Crippen LogP contribution in [-0.2, 0) is 4.74 Å². The van der Waals surface area contributed by atoms with Crippen LogP contribution in [0.25, 0.3) is 0 Å². The fourth-order valence-corrected chi connectivity index (χ4v) is 4.70. The number of hydrogen-bond acceptors (Lipinski definition) is 6. The fourth-order valence-electron chi connectivity index (χ4n) is 4.70. The summed E-state index contributed by atoms with van der Waals surface area (Å²) >= 11 is 0. The number of nitriles is 3. The first-order valence-corrected chi connectivity index (χ1v) is 9.89. The molecular weight excluding hydrogens is 378 g/mol. The second-order valence-electron chi connectivity index (χ2n) is 8.12. The number of esters is 1. The minimum atomic E-state index is -1.70. The number of ether oxygens (including phenoxy) is 1. The molecule has 0 aromatic heterocycles. The highest BCUT2D eigenvalue weighted by Gasteiger charge is 2.57. The Labute approximate surface area is 176 Å². The Morgan fingerprint density at radius 3 is 2.37 bits per heavy atom. The van der Waals surface area contributed by atoms with E-state index in [9.17, 15) is 20.6 Å². The van der Waals surface area contributed by atoms with Crippen LogP contribution in [0.3, 0.4) is 0 Å². The molecule has 0 amide bonds. The minimum absolute atomic E-state index is 0.160. The molecule has 1 aromatic rings. The Morgan fingerprint density at radius 1 is 1.23 bits per heavy atom. The van der Waals surface area contributed by atoms with E-state index in [4.69, 9.17) is 10.1 Å². The Hall–Kier alpha value is -3.47. The number of rotatable bonds is 3. The van der Waals surface area contributed by atoms with Crippen LogP contribution in [0.2, 0.25) is 0 Å². The maximum absolute atomic E-state index is 11.8. The molecule has 7 heteroatoms. The van der Waals surface area contributed by atoms with E-state index in [0.717, 1.165) is 5.56 Å². The molecule has 1 aliphatic heterocycles. The predicted octanol–water partition coefficient (Wildman–Crippen LogP) is 1.61. The summed E-state index contributed by atoms with van der Waals surface area (Å²) in [6.45, 7) is 5.57. The Bertz CT molecular complexity index is 1010. The second kappa shape index (κ2) is 8.11. The van der Waals surface area contributed by atoms with Crippen LogP contribution in [0.4, 0.5) is 0 Å². The van der Waals surface area contributed by atoms with Crippen LogP contribution >= 0.6 is 0 Å². The van der Waals surface area contributed by atoms with Gasteiger partial charge in [-0.25, -0.2) is 4.79 Å². The van der Waals surface area contributed by atoms with Crippen LogP contribution in [0, 0.1) is 56.7 Å². The molecule has 2 N–H and O–H groups in total. The normalized spacial score (nSPS) is 27.1. The van der Waals surface area contributed by atoms with Gasteiger partial charge in [-0.05, 0) is 43.2 Å². The van der Waals surface area contributed by atoms with Gasteiger partial charge in [0, 0.05) is 11.8 Å². The lowest BCUT2D eigenvalue weighted by Crippen LogP contribution is -3.16. The Kier molecular flexibility index (Phi) is 5.74. The van der Waals surface area contributed by atoms with Crippen molar-refractivity contribution in [2.45, 2.75) is 25.8 Å². The van der Waals surface area contributed by atoms with Crippen molar-refractivity contribution in [3.63, 3.8) is 0 Å². The van der Waals surface area contributed by atoms with E-state index in [2.05, 4.69) is 32.1 Å². The molecular formula is C23H24N5O2+. The molecule has 0 spiro atoms. The molecule has 1 saturated carbocycles. The summed E-state index contributed by atoms with van der Waals surface area (Å²) in [5, 5.41) is 38.4. The smallest absolute Gasteiger partial charge is 0.337 e. The average molecular weight is 402 g/mol. The lowest BCUT2D eigenvalue weighted by Gasteiger charge is -2.46. The number of hydrogen-bond donors (Lipinski definition) is 2. The largest absolute Gasteiger partial charge is 0.465 e. The molecule has 1 aromatic carbocycles. The van der Waals surface area contributed by atoms with E-state index >= 15 is 0 Å². The van der Waals surface area contributed by atoms with Crippen LogP contribution in [0.15, 0.2) is 35.9 Å². The molecule has 1 heterocycles. The zero-order chi connectivity index (χ0) is 22.1. The molecule has 1 unspecified atom stereocenters. The van der Waals surface area contributed by atoms with Gasteiger partial charge in [-0.3, -0.25) is 0 Å². The van der Waals surface area contributed by atoms with E-state index in [-0.39, 0.29) is 17.5 Å². The van der Waals surface area contributed by atoms with Crippen molar-refractivity contribution in [3.05, 3.63) is 47.0 Å². The average Bonchev–Trinajstić information content (AvgIpc) is 2.78. The van der Waals surface area contributed by atoms with Crippen molar-refractivity contribution < 1.29 is 14.4 Å². The zero-order valence-corrected chi connectivity index (χ0v) is 17.3. The molecule has 1 aliphatic carbocycles. The van der Waals surface area contributed by atoms with Crippen LogP contribution < -0.4 is 4.90 Å². The summed E-state index contributed by atoms with van der Waals surface area (Å²) in [6.07, 6.45) is 1.92. The molecule has 30 heavy (non-hydrogen) atoms. The van der Waals surface area contributed by atoms with Gasteiger partial charge in [0.2, 0.25) is 5.41 Å². The monoisotopic (exact) mass is 402 g/mol. The molecule has 152 valence electrons. The summed E-state index contributed by atoms with van der Waals surface area (Å²) < 4.78 is 4.75. The van der Waals surface area contributed by atoms with Crippen LogP contribution in [0.5, 0.6) is 0 Å². The van der Waals surface area contributed by atoms with Gasteiger partial charge >= 0.3 is 5.97 Å². The fraction of sp³-hybridized carbons (Fsp3) is 0.435. The first-order valence-electron chi connectivity index (χ1n) is 9.89. The number of carbonyl (C=O) groups is 1. The highest BCUT2D eigenvalue weighted by atomic mass is 16.5. The first kappa shape index (κ1) is 21.2. The number of benzene rings is 1. The zero-order valence-electron chi connectivity index (χ0n) is 17.3. The van der Waals surface area contributed by atoms with Gasteiger partial charge in [0.25, 0.3) is 0 Å². The number of nitrogens with one attached hydrogen (secondary N) is 2. The van der Waals surface area contributed by atoms with Gasteiger partial charge in [-0.1, -0.05) is 12.1 Å². The number of quaternary nitrogens is 1. The number of carbonyl (C=O) groups excluding carboxylic acids is 1. The van der Waals surface area contributed by atoms with Crippen LogP contribution in [-0.4, -0.2) is 37.9 Å². The Balaban J connectivity index is 2.16. The van der Waals surface area contributed by atoms with Crippen molar-refractivity contribution in [1.29, 1.82) is 21.2 Å². The topological polar surface area (TPSA) is 126 Å². The summed E-state index contributed by atoms with van der Waals surface area (Å²) in [4.78, 5) is 13.1. The molecule has 4 atom stereocenters. The van der Waals surface area contributed by atoms with Crippen LogP contribution in [0.1, 0.15) is 35.7 Å². The van der Waals surface area contributed by atoms with E-state index in [0.29, 0.717) is 30.3 Å². The quantitative estimate of drug-likeness (QED) is 0.587. The third-order valence-corrected chi connectivity index (χ3v) is 6.41.